The molecule has 6 heteroatoms. The quantitative estimate of drug-likeness (QED) is 0.773. The maximum Gasteiger partial charge on any atom is 0.269 e. The van der Waals surface area contributed by atoms with Gasteiger partial charge < -0.3 is 5.32 Å². The van der Waals surface area contributed by atoms with E-state index in [-0.39, 0.29) is 5.91 Å². The number of benzene rings is 1. The van der Waals surface area contributed by atoms with Gasteiger partial charge in [0.05, 0.1) is 15.7 Å². The van der Waals surface area contributed by atoms with Gasteiger partial charge in [0.15, 0.2) is 0 Å². The number of nitrogens with one attached hydrogen (secondary N) is 1. The van der Waals surface area contributed by atoms with Crippen molar-refractivity contribution in [3.05, 3.63) is 58.4 Å². The number of carbonyl (C=O) groups excluding carboxylic acids is 1. The first-order chi connectivity index (χ1) is 12.7. The highest BCUT2D eigenvalue weighted by molar-refractivity contribution is 7.16. The smallest absolute Gasteiger partial charge is 0.269 e. The lowest BCUT2D eigenvalue weighted by Crippen LogP contribution is -2.29. The van der Waals surface area contributed by atoms with Gasteiger partial charge in [-0.2, -0.15) is 0 Å². The Hall–Kier alpha value is -2.31. The first-order valence-electron chi connectivity index (χ1n) is 8.94. The summed E-state index contributed by atoms with van der Waals surface area (Å²) in [5.74, 6) is -0.126. The molecule has 2 aromatic heterocycles. The molecule has 1 atom stereocenters. The van der Waals surface area contributed by atoms with E-state index < -0.39 is 0 Å². The van der Waals surface area contributed by atoms with E-state index in [4.69, 9.17) is 0 Å². The number of hydrogen-bond acceptors (Lipinski definition) is 5. The lowest BCUT2D eigenvalue weighted by Gasteiger charge is -2.27. The summed E-state index contributed by atoms with van der Waals surface area (Å²) < 4.78 is 1.23. The van der Waals surface area contributed by atoms with Crippen molar-refractivity contribution in [3.63, 3.8) is 0 Å². The summed E-state index contributed by atoms with van der Waals surface area (Å²) in [5, 5.41) is 2.65. The summed E-state index contributed by atoms with van der Waals surface area (Å²) in [7, 11) is 1.64. The number of thiazole rings is 1. The van der Waals surface area contributed by atoms with Crippen LogP contribution in [0, 0.1) is 0 Å². The van der Waals surface area contributed by atoms with Crippen LogP contribution in [0.3, 0.4) is 0 Å². The van der Waals surface area contributed by atoms with Crippen LogP contribution >= 0.6 is 11.3 Å². The maximum absolute atomic E-state index is 11.8. The molecule has 1 amide bonds. The van der Waals surface area contributed by atoms with E-state index in [1.165, 1.54) is 15.8 Å². The SMILES string of the molecule is CNC(=O)c1ccc2c(n1)CCN([C@@H](C)c1ccc3scnc3c1)CC2. The summed E-state index contributed by atoms with van der Waals surface area (Å²) >= 11 is 1.68. The van der Waals surface area contributed by atoms with Gasteiger partial charge in [-0.05, 0) is 42.7 Å². The molecule has 26 heavy (non-hydrogen) atoms. The fraction of sp³-hybridized carbons (Fsp3) is 0.350. The predicted octanol–water partition coefficient (Wildman–Crippen LogP) is 3.21. The number of nitrogens with zero attached hydrogens (tertiary/aromatic N) is 3. The van der Waals surface area contributed by atoms with Crippen LogP contribution in [0.2, 0.25) is 0 Å². The number of aromatic nitrogens is 2. The van der Waals surface area contributed by atoms with E-state index >= 15 is 0 Å². The van der Waals surface area contributed by atoms with Crippen LogP contribution in [-0.2, 0) is 12.8 Å². The fourth-order valence-electron chi connectivity index (χ4n) is 3.59. The maximum atomic E-state index is 11.8. The molecule has 3 heterocycles. The lowest BCUT2D eigenvalue weighted by molar-refractivity contribution is 0.0958. The third kappa shape index (κ3) is 3.22. The first-order valence-corrected chi connectivity index (χ1v) is 9.82. The second-order valence-corrected chi connectivity index (χ2v) is 7.56. The van der Waals surface area contributed by atoms with Crippen LogP contribution < -0.4 is 5.32 Å². The molecule has 1 aliphatic rings. The largest absolute Gasteiger partial charge is 0.354 e. The van der Waals surface area contributed by atoms with Crippen molar-refractivity contribution in [2.24, 2.45) is 0 Å². The molecule has 0 unspecified atom stereocenters. The average Bonchev–Trinajstić information content (AvgIpc) is 3.04. The van der Waals surface area contributed by atoms with Crippen molar-refractivity contribution >= 4 is 27.5 Å². The van der Waals surface area contributed by atoms with Crippen molar-refractivity contribution in [1.82, 2.24) is 20.2 Å². The first kappa shape index (κ1) is 17.1. The topological polar surface area (TPSA) is 58.1 Å². The third-order valence-corrected chi connectivity index (χ3v) is 6.03. The van der Waals surface area contributed by atoms with E-state index in [0.29, 0.717) is 11.7 Å². The normalized spacial score (nSPS) is 16.1. The molecule has 4 rings (SSSR count). The van der Waals surface area contributed by atoms with Crippen LogP contribution in [0.15, 0.2) is 35.8 Å². The summed E-state index contributed by atoms with van der Waals surface area (Å²) in [6.07, 6.45) is 1.82. The van der Waals surface area contributed by atoms with Gasteiger partial charge in [0.25, 0.3) is 5.91 Å². The molecule has 1 aromatic carbocycles. The van der Waals surface area contributed by atoms with Crippen LogP contribution in [0.25, 0.3) is 10.2 Å². The zero-order chi connectivity index (χ0) is 18.1. The Morgan fingerprint density at radius 1 is 1.23 bits per heavy atom. The van der Waals surface area contributed by atoms with Gasteiger partial charge in [0, 0.05) is 38.3 Å². The average molecular weight is 366 g/mol. The molecule has 134 valence electrons. The molecular formula is C20H22N4OS. The Balaban J connectivity index is 1.53. The zero-order valence-corrected chi connectivity index (χ0v) is 15.8. The highest BCUT2D eigenvalue weighted by Crippen LogP contribution is 2.27. The Kier molecular flexibility index (Phi) is 4.70. The van der Waals surface area contributed by atoms with Gasteiger partial charge in [-0.25, -0.2) is 9.97 Å². The van der Waals surface area contributed by atoms with Crippen molar-refractivity contribution in [3.8, 4) is 0 Å². The number of amides is 1. The number of rotatable bonds is 3. The van der Waals surface area contributed by atoms with Crippen LogP contribution in [0.5, 0.6) is 0 Å². The predicted molar refractivity (Wildman–Crippen MR) is 105 cm³/mol. The highest BCUT2D eigenvalue weighted by atomic mass is 32.1. The molecule has 1 aliphatic heterocycles. The standard InChI is InChI=1S/C20H22N4OS/c1-13(15-4-6-19-18(11-15)22-12-26-19)24-9-7-14-3-5-17(20(25)21-2)23-16(14)8-10-24/h3-6,11-13H,7-10H2,1-2H3,(H,21,25)/t13-/m0/s1. The Labute approximate surface area is 157 Å². The molecule has 0 fully saturated rings. The second kappa shape index (κ2) is 7.13. The second-order valence-electron chi connectivity index (χ2n) is 6.67. The number of carbonyl (C=O) groups is 1. The monoisotopic (exact) mass is 366 g/mol. The Morgan fingerprint density at radius 3 is 2.92 bits per heavy atom. The van der Waals surface area contributed by atoms with Gasteiger partial charge in [-0.15, -0.1) is 11.3 Å². The number of fused-ring (bicyclic) bond motifs is 2. The number of hydrogen-bond donors (Lipinski definition) is 1. The van der Waals surface area contributed by atoms with Gasteiger partial charge >= 0.3 is 0 Å². The third-order valence-electron chi connectivity index (χ3n) is 5.22. The molecule has 0 saturated carbocycles. The fourth-order valence-corrected chi connectivity index (χ4v) is 4.25. The van der Waals surface area contributed by atoms with Crippen molar-refractivity contribution in [2.75, 3.05) is 20.1 Å². The van der Waals surface area contributed by atoms with Gasteiger partial charge in [0.1, 0.15) is 5.69 Å². The van der Waals surface area contributed by atoms with Crippen molar-refractivity contribution in [2.45, 2.75) is 25.8 Å². The molecule has 3 aromatic rings. The molecule has 5 nitrogen and oxygen atoms in total. The number of pyridine rings is 1. The van der Waals surface area contributed by atoms with E-state index in [2.05, 4.69) is 51.4 Å². The van der Waals surface area contributed by atoms with Crippen LogP contribution in [-0.4, -0.2) is 40.9 Å². The molecule has 0 radical (unpaired) electrons. The minimum Gasteiger partial charge on any atom is -0.354 e. The van der Waals surface area contributed by atoms with Crippen LogP contribution in [0.4, 0.5) is 0 Å². The van der Waals surface area contributed by atoms with Gasteiger partial charge in [-0.3, -0.25) is 9.69 Å². The highest BCUT2D eigenvalue weighted by Gasteiger charge is 2.21. The summed E-state index contributed by atoms with van der Waals surface area (Å²) in [6, 6.07) is 10.8. The van der Waals surface area contributed by atoms with Crippen LogP contribution in [0.1, 0.15) is 40.3 Å². The van der Waals surface area contributed by atoms with Crippen molar-refractivity contribution < 1.29 is 4.79 Å². The molecular weight excluding hydrogens is 344 g/mol. The summed E-state index contributed by atoms with van der Waals surface area (Å²) in [6.45, 7) is 4.19. The Bertz CT molecular complexity index is 952. The molecule has 0 aliphatic carbocycles. The van der Waals surface area contributed by atoms with E-state index in [0.717, 1.165) is 37.1 Å². The minimum absolute atomic E-state index is 0.126. The van der Waals surface area contributed by atoms with E-state index in [1.54, 1.807) is 18.4 Å². The van der Waals surface area contributed by atoms with Gasteiger partial charge in [0.2, 0.25) is 0 Å². The molecule has 1 N–H and O–H groups in total. The van der Waals surface area contributed by atoms with E-state index in [9.17, 15) is 4.79 Å². The van der Waals surface area contributed by atoms with Crippen molar-refractivity contribution in [1.29, 1.82) is 0 Å². The molecule has 0 saturated heterocycles. The molecule has 0 bridgehead atoms. The summed E-state index contributed by atoms with van der Waals surface area (Å²) in [5.41, 5.74) is 7.08. The van der Waals surface area contributed by atoms with E-state index in [1.807, 2.05) is 11.6 Å². The van der Waals surface area contributed by atoms with Gasteiger partial charge in [-0.1, -0.05) is 12.1 Å². The molecule has 0 spiro atoms. The Morgan fingerprint density at radius 2 is 2.08 bits per heavy atom. The summed E-state index contributed by atoms with van der Waals surface area (Å²) in [4.78, 5) is 23.4. The minimum atomic E-state index is -0.126. The lowest BCUT2D eigenvalue weighted by atomic mass is 10.1. The zero-order valence-electron chi connectivity index (χ0n) is 15.0.